The minimum atomic E-state index is -1.53. The number of para-hydroxylation sites is 1. The number of rotatable bonds is 4. The van der Waals surface area contributed by atoms with E-state index in [0.29, 0.717) is 13.0 Å². The van der Waals surface area contributed by atoms with Crippen LogP contribution in [0.5, 0.6) is 0 Å². The largest absolute Gasteiger partial charge is 0.475 e. The molecule has 1 aliphatic rings. The number of nitrogens with zero attached hydrogens (tertiary/aromatic N) is 2. The number of fused-ring (bicyclic) bond motifs is 1. The molecule has 0 aliphatic carbocycles. The first-order valence-corrected chi connectivity index (χ1v) is 8.05. The highest BCUT2D eigenvalue weighted by Gasteiger charge is 2.39. The van der Waals surface area contributed by atoms with Crippen molar-refractivity contribution < 1.29 is 14.8 Å². The molecule has 0 radical (unpaired) electrons. The van der Waals surface area contributed by atoms with Crippen LogP contribution in [0, 0.1) is 0 Å². The lowest BCUT2D eigenvalue weighted by molar-refractivity contribution is -0.134. The predicted molar refractivity (Wildman–Crippen MR) is 89.5 cm³/mol. The fourth-order valence-electron chi connectivity index (χ4n) is 3.45. The molecule has 1 amide bonds. The Labute approximate surface area is 135 Å². The standard InChI is InChI=1S/C16H22BN3O3/c1-2-11-10-20(13-7-4-3-6-12(11)13)15(18)16(21)19-9-5-8-14(19)17(22)23/h3-4,6-7,10,14-15,22-23H,2,5,8-9,18H2,1H3. The lowest BCUT2D eigenvalue weighted by atomic mass is 9.78. The van der Waals surface area contributed by atoms with Gasteiger partial charge in [0.1, 0.15) is 0 Å². The van der Waals surface area contributed by atoms with Crippen LogP contribution in [0.3, 0.4) is 0 Å². The molecule has 4 N–H and O–H groups in total. The summed E-state index contributed by atoms with van der Waals surface area (Å²) in [5, 5.41) is 20.0. The summed E-state index contributed by atoms with van der Waals surface area (Å²) in [5.74, 6) is -0.843. The van der Waals surface area contributed by atoms with Crippen LogP contribution < -0.4 is 5.73 Å². The van der Waals surface area contributed by atoms with Gasteiger partial charge in [0.2, 0.25) is 0 Å². The maximum atomic E-state index is 12.8. The third-order valence-electron chi connectivity index (χ3n) is 4.68. The molecule has 1 aromatic heterocycles. The van der Waals surface area contributed by atoms with E-state index in [-0.39, 0.29) is 5.91 Å². The smallest absolute Gasteiger partial charge is 0.426 e. The Kier molecular flexibility index (Phi) is 4.43. The summed E-state index contributed by atoms with van der Waals surface area (Å²) in [5.41, 5.74) is 8.29. The van der Waals surface area contributed by atoms with Crippen molar-refractivity contribution in [1.29, 1.82) is 0 Å². The molecular weight excluding hydrogens is 293 g/mol. The van der Waals surface area contributed by atoms with Crippen molar-refractivity contribution in [2.24, 2.45) is 5.73 Å². The molecule has 0 bridgehead atoms. The van der Waals surface area contributed by atoms with Crippen LogP contribution in [-0.2, 0) is 11.2 Å². The first-order valence-electron chi connectivity index (χ1n) is 8.05. The number of nitrogens with two attached hydrogens (primary N) is 1. The van der Waals surface area contributed by atoms with Gasteiger partial charge >= 0.3 is 7.12 Å². The lowest BCUT2D eigenvalue weighted by Crippen LogP contribution is -2.49. The topological polar surface area (TPSA) is 91.7 Å². The second kappa shape index (κ2) is 6.35. The van der Waals surface area contributed by atoms with E-state index < -0.39 is 19.2 Å². The second-order valence-corrected chi connectivity index (χ2v) is 6.03. The average Bonchev–Trinajstić information content (AvgIpc) is 3.18. The quantitative estimate of drug-likeness (QED) is 0.723. The summed E-state index contributed by atoms with van der Waals surface area (Å²) in [6.45, 7) is 2.58. The highest BCUT2D eigenvalue weighted by atomic mass is 16.4. The van der Waals surface area contributed by atoms with Gasteiger partial charge in [0.05, 0.1) is 11.5 Å². The number of likely N-dealkylation sites (tertiary alicyclic amines) is 1. The van der Waals surface area contributed by atoms with Crippen molar-refractivity contribution in [3.8, 4) is 0 Å². The van der Waals surface area contributed by atoms with Crippen molar-refractivity contribution >= 4 is 23.9 Å². The maximum Gasteiger partial charge on any atom is 0.475 e. The van der Waals surface area contributed by atoms with Crippen LogP contribution in [0.2, 0.25) is 0 Å². The number of carbonyl (C=O) groups excluding carboxylic acids is 1. The molecule has 122 valence electrons. The second-order valence-electron chi connectivity index (χ2n) is 6.03. The van der Waals surface area contributed by atoms with Crippen LogP contribution in [0.25, 0.3) is 10.9 Å². The highest BCUT2D eigenvalue weighted by Crippen LogP contribution is 2.26. The molecule has 1 aliphatic heterocycles. The van der Waals surface area contributed by atoms with Crippen molar-refractivity contribution in [2.45, 2.75) is 38.3 Å². The molecule has 1 aromatic carbocycles. The Hall–Kier alpha value is -1.83. The van der Waals surface area contributed by atoms with Gasteiger partial charge in [0, 0.05) is 18.1 Å². The molecule has 2 atom stereocenters. The van der Waals surface area contributed by atoms with Gasteiger partial charge in [-0.25, -0.2) is 0 Å². The fraction of sp³-hybridized carbons (Fsp3) is 0.438. The van der Waals surface area contributed by atoms with Crippen LogP contribution >= 0.6 is 0 Å². The summed E-state index contributed by atoms with van der Waals surface area (Å²) < 4.78 is 1.79. The minimum absolute atomic E-state index is 0.274. The van der Waals surface area contributed by atoms with E-state index in [1.165, 1.54) is 4.90 Å². The zero-order valence-corrected chi connectivity index (χ0v) is 13.2. The van der Waals surface area contributed by atoms with E-state index in [2.05, 4.69) is 6.92 Å². The van der Waals surface area contributed by atoms with E-state index >= 15 is 0 Å². The number of aryl methyl sites for hydroxylation is 1. The number of aromatic nitrogens is 1. The molecule has 23 heavy (non-hydrogen) atoms. The normalized spacial score (nSPS) is 19.3. The van der Waals surface area contributed by atoms with Gasteiger partial charge < -0.3 is 25.2 Å². The molecule has 7 heteroatoms. The Morgan fingerprint density at radius 1 is 1.43 bits per heavy atom. The number of benzene rings is 1. The SMILES string of the molecule is CCc1cn(C(N)C(=O)N2CCCC2B(O)O)c2ccccc12. The van der Waals surface area contributed by atoms with Crippen molar-refractivity contribution in [1.82, 2.24) is 9.47 Å². The molecule has 2 aromatic rings. The number of carbonyl (C=O) groups is 1. The summed E-state index contributed by atoms with van der Waals surface area (Å²) >= 11 is 0. The summed E-state index contributed by atoms with van der Waals surface area (Å²) in [6, 6.07) is 7.87. The van der Waals surface area contributed by atoms with Crippen LogP contribution in [0.15, 0.2) is 30.5 Å². The van der Waals surface area contributed by atoms with E-state index in [1.807, 2.05) is 30.5 Å². The molecule has 0 spiro atoms. The van der Waals surface area contributed by atoms with E-state index in [0.717, 1.165) is 29.3 Å². The molecule has 6 nitrogen and oxygen atoms in total. The van der Waals surface area contributed by atoms with Gasteiger partial charge in [0.25, 0.3) is 5.91 Å². The van der Waals surface area contributed by atoms with E-state index in [1.54, 1.807) is 4.57 Å². The van der Waals surface area contributed by atoms with Crippen LogP contribution in [0.1, 0.15) is 31.5 Å². The fourth-order valence-corrected chi connectivity index (χ4v) is 3.45. The monoisotopic (exact) mass is 315 g/mol. The Morgan fingerprint density at radius 2 is 2.17 bits per heavy atom. The van der Waals surface area contributed by atoms with Crippen molar-refractivity contribution in [3.63, 3.8) is 0 Å². The maximum absolute atomic E-state index is 12.8. The van der Waals surface area contributed by atoms with Gasteiger partial charge in [-0.3, -0.25) is 4.79 Å². The molecular formula is C16H22BN3O3. The first-order chi connectivity index (χ1) is 11.0. The Bertz CT molecular complexity index is 716. The molecule has 3 rings (SSSR count). The molecule has 2 unspecified atom stereocenters. The molecule has 1 saturated heterocycles. The van der Waals surface area contributed by atoms with Gasteiger partial charge in [-0.2, -0.15) is 0 Å². The highest BCUT2D eigenvalue weighted by molar-refractivity contribution is 6.43. The van der Waals surface area contributed by atoms with Gasteiger partial charge in [-0.05, 0) is 30.9 Å². The van der Waals surface area contributed by atoms with E-state index in [4.69, 9.17) is 5.73 Å². The number of hydrogen-bond acceptors (Lipinski definition) is 4. The zero-order chi connectivity index (χ0) is 16.6. The molecule has 0 saturated carbocycles. The summed E-state index contributed by atoms with van der Waals surface area (Å²) in [7, 11) is -1.53. The average molecular weight is 315 g/mol. The van der Waals surface area contributed by atoms with Crippen molar-refractivity contribution in [2.75, 3.05) is 6.54 Å². The lowest BCUT2D eigenvalue weighted by Gasteiger charge is -2.27. The number of amides is 1. The zero-order valence-electron chi connectivity index (χ0n) is 13.2. The minimum Gasteiger partial charge on any atom is -0.426 e. The summed E-state index contributed by atoms with van der Waals surface area (Å²) in [4.78, 5) is 14.3. The van der Waals surface area contributed by atoms with E-state index in [9.17, 15) is 14.8 Å². The van der Waals surface area contributed by atoms with Crippen molar-refractivity contribution in [3.05, 3.63) is 36.0 Å². The van der Waals surface area contributed by atoms with Gasteiger partial charge in [-0.15, -0.1) is 0 Å². The first kappa shape index (κ1) is 16.0. The Morgan fingerprint density at radius 3 is 2.87 bits per heavy atom. The number of hydrogen-bond donors (Lipinski definition) is 3. The predicted octanol–water partition coefficient (Wildman–Crippen LogP) is 0.664. The molecule has 1 fully saturated rings. The third-order valence-corrected chi connectivity index (χ3v) is 4.68. The summed E-state index contributed by atoms with van der Waals surface area (Å²) in [6.07, 6.45) is 3.26. The van der Waals surface area contributed by atoms with Gasteiger partial charge in [0.15, 0.2) is 6.17 Å². The Balaban J connectivity index is 1.94. The third kappa shape index (κ3) is 2.76. The van der Waals surface area contributed by atoms with Crippen LogP contribution in [0.4, 0.5) is 0 Å². The molecule has 2 heterocycles. The van der Waals surface area contributed by atoms with Crippen LogP contribution in [-0.4, -0.2) is 45.0 Å². The van der Waals surface area contributed by atoms with Gasteiger partial charge in [-0.1, -0.05) is 25.1 Å².